The number of hydrogen-bond acceptors (Lipinski definition) is 5. The van der Waals surface area contributed by atoms with Crippen molar-refractivity contribution >= 4 is 47.6 Å². The van der Waals surface area contributed by atoms with Gasteiger partial charge in [0.2, 0.25) is 7.83 Å². The minimum atomic E-state index is -2.10. The zero-order valence-electron chi connectivity index (χ0n) is 18.7. The van der Waals surface area contributed by atoms with E-state index in [1.54, 1.807) is 6.92 Å². The number of hydrogen-bond donors (Lipinski definition) is 0. The van der Waals surface area contributed by atoms with Crippen LogP contribution in [0.2, 0.25) is 71.5 Å². The Hall–Kier alpha value is 0.174. The lowest BCUT2D eigenvalue weighted by Crippen LogP contribution is -2.62. The van der Waals surface area contributed by atoms with Crippen LogP contribution >= 0.6 is 0 Å². The number of carbonyl (C=O) groups excluding carboxylic acids is 1. The van der Waals surface area contributed by atoms with E-state index in [1.165, 1.54) is 0 Å². The molecule has 0 spiro atoms. The molecule has 0 aromatic rings. The predicted octanol–water partition coefficient (Wildman–Crippen LogP) is 4.80. The van der Waals surface area contributed by atoms with Crippen molar-refractivity contribution in [1.29, 1.82) is 0 Å². The highest BCUT2D eigenvalue weighted by Crippen LogP contribution is 2.25. The summed E-state index contributed by atoms with van der Waals surface area (Å²) in [6.45, 7) is 27.7. The molecule has 0 bridgehead atoms. The Balaban J connectivity index is 5.15. The molecule has 0 aliphatic rings. The van der Waals surface area contributed by atoms with Gasteiger partial charge in [-0.25, -0.2) is 4.79 Å². The summed E-state index contributed by atoms with van der Waals surface area (Å²) >= 11 is 0. The van der Waals surface area contributed by atoms with E-state index in [-0.39, 0.29) is 5.97 Å². The number of rotatable bonds is 11. The molecule has 5 nitrogen and oxygen atoms in total. The Labute approximate surface area is 166 Å². The van der Waals surface area contributed by atoms with Crippen LogP contribution in [0.4, 0.5) is 0 Å². The van der Waals surface area contributed by atoms with Gasteiger partial charge in [-0.15, -0.1) is 0 Å². The van der Waals surface area contributed by atoms with Crippen LogP contribution in [-0.4, -0.2) is 54.2 Å². The first-order valence-electron chi connectivity index (χ1n) is 9.13. The van der Waals surface area contributed by atoms with Crippen molar-refractivity contribution in [2.75, 3.05) is 6.61 Å². The van der Waals surface area contributed by atoms with Crippen molar-refractivity contribution in [2.24, 2.45) is 0 Å². The van der Waals surface area contributed by atoms with E-state index in [1.807, 2.05) is 0 Å². The molecule has 0 aromatic carbocycles. The second kappa shape index (κ2) is 9.59. The summed E-state index contributed by atoms with van der Waals surface area (Å²) in [4.78, 5) is 11.6. The van der Waals surface area contributed by atoms with E-state index in [0.29, 0.717) is 12.2 Å². The molecule has 0 unspecified atom stereocenters. The van der Waals surface area contributed by atoms with E-state index in [4.69, 9.17) is 17.1 Å². The summed E-state index contributed by atoms with van der Waals surface area (Å²) in [5, 5.41) is 0. The van der Waals surface area contributed by atoms with Crippen molar-refractivity contribution in [3.05, 3.63) is 12.2 Å². The molecule has 10 heteroatoms. The SMILES string of the molecule is C=C(C)C(=O)OCC[Si](C)(C)O[Si](O[Si](C)(C)C)[Si](C)(C)O[Si](C)(C)C. The van der Waals surface area contributed by atoms with Gasteiger partial charge in [-0.05, 0) is 78.4 Å². The molecule has 0 saturated heterocycles. The summed E-state index contributed by atoms with van der Waals surface area (Å²) in [5.74, 6) is -0.338. The summed E-state index contributed by atoms with van der Waals surface area (Å²) in [7, 11) is -9.10. The van der Waals surface area contributed by atoms with Crippen LogP contribution in [0.1, 0.15) is 6.92 Å². The molecular formula is C16H39O5Si5. The predicted molar refractivity (Wildman–Crippen MR) is 121 cm³/mol. The van der Waals surface area contributed by atoms with Crippen LogP contribution in [-0.2, 0) is 21.9 Å². The Kier molecular flexibility index (Phi) is 9.65. The highest BCUT2D eigenvalue weighted by Gasteiger charge is 2.48. The zero-order valence-corrected chi connectivity index (χ0v) is 23.7. The van der Waals surface area contributed by atoms with Crippen LogP contribution in [0.5, 0.6) is 0 Å². The molecule has 0 aliphatic heterocycles. The lowest BCUT2D eigenvalue weighted by atomic mass is 10.4. The van der Waals surface area contributed by atoms with Gasteiger partial charge in [0.05, 0.1) is 6.61 Å². The second-order valence-corrected chi connectivity index (χ2v) is 33.1. The first-order chi connectivity index (χ1) is 11.3. The topological polar surface area (TPSA) is 54.0 Å². The van der Waals surface area contributed by atoms with E-state index in [9.17, 15) is 4.79 Å². The third-order valence-electron chi connectivity index (χ3n) is 3.11. The molecule has 0 atom stereocenters. The fraction of sp³-hybridized carbons (Fsp3) is 0.812. The van der Waals surface area contributed by atoms with Crippen molar-refractivity contribution < 1.29 is 21.9 Å². The summed E-state index contributed by atoms with van der Waals surface area (Å²) in [5.41, 5.74) is 0.425. The van der Waals surface area contributed by atoms with Crippen LogP contribution in [0.3, 0.4) is 0 Å². The highest BCUT2D eigenvalue weighted by atomic mass is 29.3. The van der Waals surface area contributed by atoms with Gasteiger partial charge >= 0.3 is 14.8 Å². The molecular weight excluding hydrogens is 413 g/mol. The molecule has 1 radical (unpaired) electrons. The fourth-order valence-corrected chi connectivity index (χ4v) is 29.5. The number of carbonyl (C=O) groups is 1. The number of esters is 1. The molecule has 0 aliphatic carbocycles. The van der Waals surface area contributed by atoms with Crippen molar-refractivity contribution in [1.82, 2.24) is 0 Å². The maximum atomic E-state index is 11.6. The first-order valence-corrected chi connectivity index (χ1v) is 24.3. The largest absolute Gasteiger partial charge is 0.463 e. The third-order valence-corrected chi connectivity index (χ3v) is 21.8. The normalized spacial score (nSPS) is 13.8. The van der Waals surface area contributed by atoms with Gasteiger partial charge in [-0.1, -0.05) is 6.58 Å². The fourth-order valence-electron chi connectivity index (χ4n) is 2.17. The lowest BCUT2D eigenvalue weighted by Gasteiger charge is -2.40. The molecule has 0 saturated carbocycles. The molecule has 26 heavy (non-hydrogen) atoms. The quantitative estimate of drug-likeness (QED) is 0.256. The van der Waals surface area contributed by atoms with Crippen molar-refractivity contribution in [2.45, 2.75) is 78.4 Å². The molecule has 0 N–H and O–H groups in total. The maximum absolute atomic E-state index is 11.6. The minimum absolute atomic E-state index is 0.338. The number of ether oxygens (including phenoxy) is 1. The van der Waals surface area contributed by atoms with Crippen LogP contribution < -0.4 is 0 Å². The van der Waals surface area contributed by atoms with Gasteiger partial charge < -0.3 is 17.1 Å². The molecule has 153 valence electrons. The minimum Gasteiger partial charge on any atom is -0.463 e. The Morgan fingerprint density at radius 2 is 1.38 bits per heavy atom. The van der Waals surface area contributed by atoms with Crippen LogP contribution in [0.15, 0.2) is 12.2 Å². The van der Waals surface area contributed by atoms with Gasteiger partial charge in [0.15, 0.2) is 25.0 Å². The van der Waals surface area contributed by atoms with E-state index in [2.05, 4.69) is 72.0 Å². The van der Waals surface area contributed by atoms with E-state index < -0.39 is 41.6 Å². The Morgan fingerprint density at radius 1 is 0.885 bits per heavy atom. The standard InChI is InChI=1S/C16H39O5Si5/c1-15(2)16(17)18-13-14-25(9,10)20-22(19-23(3,4)5)26(11,12)21-24(6,7)8/h1,13-14H2,2-12H3. The van der Waals surface area contributed by atoms with Crippen molar-refractivity contribution in [3.8, 4) is 0 Å². The smallest absolute Gasteiger partial charge is 0.371 e. The average Bonchev–Trinajstić information content (AvgIpc) is 2.32. The first kappa shape index (κ1) is 26.2. The summed E-state index contributed by atoms with van der Waals surface area (Å²) in [6, 6.07) is 0.743. The highest BCUT2D eigenvalue weighted by molar-refractivity contribution is 7.28. The summed E-state index contributed by atoms with van der Waals surface area (Å²) < 4.78 is 25.0. The van der Waals surface area contributed by atoms with Gasteiger partial charge in [-0.2, -0.15) is 0 Å². The molecule has 0 heterocycles. The third kappa shape index (κ3) is 11.8. The van der Waals surface area contributed by atoms with Crippen LogP contribution in [0, 0.1) is 0 Å². The van der Waals surface area contributed by atoms with Gasteiger partial charge in [-0.3, -0.25) is 0 Å². The Bertz CT molecular complexity index is 494. The van der Waals surface area contributed by atoms with Crippen LogP contribution in [0.25, 0.3) is 0 Å². The van der Waals surface area contributed by atoms with Crippen molar-refractivity contribution in [3.63, 3.8) is 0 Å². The Morgan fingerprint density at radius 3 is 1.77 bits per heavy atom. The van der Waals surface area contributed by atoms with E-state index in [0.717, 1.165) is 6.04 Å². The molecule has 0 fully saturated rings. The second-order valence-electron chi connectivity index (χ2n) is 9.75. The lowest BCUT2D eigenvalue weighted by molar-refractivity contribution is -0.138. The zero-order chi connectivity index (χ0) is 21.0. The van der Waals surface area contributed by atoms with Gasteiger partial charge in [0, 0.05) is 5.57 Å². The van der Waals surface area contributed by atoms with Gasteiger partial charge in [0.25, 0.3) is 0 Å². The van der Waals surface area contributed by atoms with Gasteiger partial charge in [0.1, 0.15) is 0 Å². The average molecular weight is 452 g/mol. The van der Waals surface area contributed by atoms with E-state index >= 15 is 0 Å². The maximum Gasteiger partial charge on any atom is 0.371 e. The molecule has 0 aromatic heterocycles. The summed E-state index contributed by atoms with van der Waals surface area (Å²) in [6.07, 6.45) is 0. The molecule has 0 rings (SSSR count). The monoisotopic (exact) mass is 451 g/mol. The molecule has 0 amide bonds.